The van der Waals surface area contributed by atoms with E-state index in [1.165, 1.54) is 6.20 Å². The van der Waals surface area contributed by atoms with Gasteiger partial charge in [-0.15, -0.1) is 0 Å². The molecule has 1 aromatic carbocycles. The fraction of sp³-hybridized carbons (Fsp3) is 0.0526. The summed E-state index contributed by atoms with van der Waals surface area (Å²) in [6.07, 6.45) is 10.4. The maximum Gasteiger partial charge on any atom is 0.296 e. The van der Waals surface area contributed by atoms with Gasteiger partial charge in [-0.3, -0.25) is 9.59 Å². The molecule has 0 saturated carbocycles. The molecule has 0 aliphatic rings. The third kappa shape index (κ3) is 3.95. The first kappa shape index (κ1) is 16.2. The second-order valence-corrected chi connectivity index (χ2v) is 4.77. The van der Waals surface area contributed by atoms with Crippen molar-refractivity contribution in [2.45, 2.75) is 6.92 Å². The van der Waals surface area contributed by atoms with Gasteiger partial charge >= 0.3 is 0 Å². The van der Waals surface area contributed by atoms with E-state index in [-0.39, 0.29) is 0 Å². The number of nitrogens with one attached hydrogen (secondary N) is 2. The number of ketones is 1. The molecule has 4 heteroatoms. The third-order valence-corrected chi connectivity index (χ3v) is 3.17. The molecule has 1 heterocycles. The highest BCUT2D eigenvalue weighted by Gasteiger charge is 2.18. The number of carbonyl (C=O) groups excluding carboxylic acids is 2. The van der Waals surface area contributed by atoms with Gasteiger partial charge in [-0.1, -0.05) is 49.1 Å². The smallest absolute Gasteiger partial charge is 0.296 e. The molecule has 23 heavy (non-hydrogen) atoms. The second kappa shape index (κ2) is 7.75. The summed E-state index contributed by atoms with van der Waals surface area (Å²) in [5, 5.41) is 3.99. The standard InChI is InChI=1S/C19H18N2O2/c1-3-5-12-17-15(9-4-2)16(13-20-17)18(22)19(23)21-14-10-7-6-8-11-14/h3-13,20H,2H2,1H3,(H,21,23)/b5-3-,15-9-,17-12+. The van der Waals surface area contributed by atoms with Crippen LogP contribution in [0, 0.1) is 0 Å². The lowest BCUT2D eigenvalue weighted by molar-refractivity contribution is -0.112. The van der Waals surface area contributed by atoms with Gasteiger partial charge in [0.25, 0.3) is 11.7 Å². The molecule has 2 aromatic rings. The second-order valence-electron chi connectivity index (χ2n) is 4.77. The average molecular weight is 306 g/mol. The van der Waals surface area contributed by atoms with E-state index < -0.39 is 11.7 Å². The Hall–Kier alpha value is -3.14. The molecule has 0 aliphatic heterocycles. The van der Waals surface area contributed by atoms with Gasteiger partial charge < -0.3 is 10.3 Å². The van der Waals surface area contributed by atoms with Crippen LogP contribution in [0.15, 0.2) is 61.3 Å². The van der Waals surface area contributed by atoms with E-state index in [1.807, 2.05) is 31.2 Å². The van der Waals surface area contributed by atoms with Crippen molar-refractivity contribution in [3.8, 4) is 0 Å². The maximum absolute atomic E-state index is 12.4. The molecule has 0 fully saturated rings. The highest BCUT2D eigenvalue weighted by atomic mass is 16.2. The van der Waals surface area contributed by atoms with E-state index >= 15 is 0 Å². The summed E-state index contributed by atoms with van der Waals surface area (Å²) in [4.78, 5) is 27.6. The lowest BCUT2D eigenvalue weighted by atomic mass is 10.1. The zero-order chi connectivity index (χ0) is 16.7. The number of hydrogen-bond donors (Lipinski definition) is 2. The maximum atomic E-state index is 12.4. The van der Waals surface area contributed by atoms with Gasteiger partial charge in [0.05, 0.1) is 5.56 Å². The van der Waals surface area contributed by atoms with Crippen LogP contribution in [0.2, 0.25) is 0 Å². The number of H-pyrrole nitrogens is 1. The Morgan fingerprint density at radius 1 is 1.17 bits per heavy atom. The number of hydrogen-bond acceptors (Lipinski definition) is 2. The minimum Gasteiger partial charge on any atom is -0.360 e. The van der Waals surface area contributed by atoms with Crippen LogP contribution in [-0.2, 0) is 4.79 Å². The SMILES string of the molecule is C=C/C=c1/c(C(=O)C(=O)Nc2ccccc2)c[nH]/c1=C/C=C\C. The van der Waals surface area contributed by atoms with Crippen LogP contribution in [0.1, 0.15) is 17.3 Å². The summed E-state index contributed by atoms with van der Waals surface area (Å²) in [7, 11) is 0. The number of carbonyl (C=O) groups is 2. The summed E-state index contributed by atoms with van der Waals surface area (Å²) < 4.78 is 0. The predicted octanol–water partition coefficient (Wildman–Crippen LogP) is 2.16. The van der Waals surface area contributed by atoms with Gasteiger partial charge in [0.1, 0.15) is 0 Å². The van der Waals surface area contributed by atoms with E-state index in [2.05, 4.69) is 16.9 Å². The first-order chi connectivity index (χ1) is 11.2. The highest BCUT2D eigenvalue weighted by molar-refractivity contribution is 6.46. The van der Waals surface area contributed by atoms with Crippen molar-refractivity contribution in [2.24, 2.45) is 0 Å². The molecule has 1 aromatic heterocycles. The molecule has 1 amide bonds. The predicted molar refractivity (Wildman–Crippen MR) is 93.4 cm³/mol. The Bertz CT molecular complexity index is 859. The van der Waals surface area contributed by atoms with Gasteiger partial charge in [-0.05, 0) is 25.1 Å². The minimum atomic E-state index is -0.675. The zero-order valence-electron chi connectivity index (χ0n) is 12.9. The number of rotatable bonds is 5. The molecule has 0 aliphatic carbocycles. The molecular formula is C19H18N2O2. The summed E-state index contributed by atoms with van der Waals surface area (Å²) in [5.41, 5.74) is 0.894. The number of aromatic amines is 1. The van der Waals surface area contributed by atoms with Crippen molar-refractivity contribution < 1.29 is 9.59 Å². The number of anilines is 1. The summed E-state index contributed by atoms with van der Waals surface area (Å²) >= 11 is 0. The van der Waals surface area contributed by atoms with E-state index in [1.54, 1.807) is 36.4 Å². The van der Waals surface area contributed by atoms with E-state index in [4.69, 9.17) is 0 Å². The van der Waals surface area contributed by atoms with Gasteiger partial charge in [0.2, 0.25) is 0 Å². The molecule has 2 N–H and O–H groups in total. The Balaban J connectivity index is 2.36. The van der Waals surface area contributed by atoms with Crippen LogP contribution in [0.5, 0.6) is 0 Å². The van der Waals surface area contributed by atoms with Crippen molar-refractivity contribution in [3.63, 3.8) is 0 Å². The largest absolute Gasteiger partial charge is 0.360 e. The van der Waals surface area contributed by atoms with Crippen LogP contribution in [-0.4, -0.2) is 16.7 Å². The van der Waals surface area contributed by atoms with Gasteiger partial charge in [-0.25, -0.2) is 0 Å². The van der Waals surface area contributed by atoms with Crippen LogP contribution >= 0.6 is 0 Å². The molecule has 0 spiro atoms. The van der Waals surface area contributed by atoms with Crippen LogP contribution in [0.4, 0.5) is 5.69 Å². The third-order valence-electron chi connectivity index (χ3n) is 3.17. The molecule has 2 rings (SSSR count). The Labute approximate surface area is 134 Å². The first-order valence-electron chi connectivity index (χ1n) is 7.21. The number of aromatic nitrogens is 1. The highest BCUT2D eigenvalue weighted by Crippen LogP contribution is 2.05. The van der Waals surface area contributed by atoms with Gasteiger partial charge in [0, 0.05) is 22.5 Å². The van der Waals surface area contributed by atoms with Crippen LogP contribution in [0.3, 0.4) is 0 Å². The van der Waals surface area contributed by atoms with Gasteiger partial charge in [0.15, 0.2) is 0 Å². The van der Waals surface area contributed by atoms with E-state index in [0.29, 0.717) is 16.5 Å². The Morgan fingerprint density at radius 2 is 1.91 bits per heavy atom. The molecule has 0 bridgehead atoms. The summed E-state index contributed by atoms with van der Waals surface area (Å²) in [6.45, 7) is 5.56. The number of Topliss-reactive ketones (excluding diaryl/α,β-unsaturated/α-hetero) is 1. The average Bonchev–Trinajstić information content (AvgIpc) is 2.96. The van der Waals surface area contributed by atoms with Crippen molar-refractivity contribution in [3.05, 3.63) is 77.5 Å². The first-order valence-corrected chi connectivity index (χ1v) is 7.21. The number of amides is 1. The van der Waals surface area contributed by atoms with Crippen LogP contribution < -0.4 is 15.9 Å². The molecule has 4 nitrogen and oxygen atoms in total. The molecule has 0 saturated heterocycles. The normalized spacial score (nSPS) is 12.6. The number of benzene rings is 1. The van der Waals surface area contributed by atoms with Crippen LogP contribution in [0.25, 0.3) is 12.2 Å². The fourth-order valence-electron chi connectivity index (χ4n) is 2.10. The fourth-order valence-corrected chi connectivity index (χ4v) is 2.10. The van der Waals surface area contributed by atoms with E-state index in [0.717, 1.165) is 5.35 Å². The molecule has 116 valence electrons. The zero-order valence-corrected chi connectivity index (χ0v) is 12.9. The number of allylic oxidation sites excluding steroid dienone is 3. The quantitative estimate of drug-likeness (QED) is 0.657. The lowest BCUT2D eigenvalue weighted by Crippen LogP contribution is -2.31. The van der Waals surface area contributed by atoms with E-state index in [9.17, 15) is 9.59 Å². The van der Waals surface area contributed by atoms with Crippen molar-refractivity contribution in [2.75, 3.05) is 5.32 Å². The van der Waals surface area contributed by atoms with Crippen molar-refractivity contribution >= 4 is 29.5 Å². The molecule has 0 atom stereocenters. The number of para-hydroxylation sites is 1. The Kier molecular flexibility index (Phi) is 5.47. The van der Waals surface area contributed by atoms with Crippen molar-refractivity contribution in [1.82, 2.24) is 4.98 Å². The Morgan fingerprint density at radius 3 is 2.57 bits per heavy atom. The lowest BCUT2D eigenvalue weighted by Gasteiger charge is -2.02. The molecule has 0 radical (unpaired) electrons. The van der Waals surface area contributed by atoms with Gasteiger partial charge in [-0.2, -0.15) is 0 Å². The topological polar surface area (TPSA) is 62.0 Å². The summed E-state index contributed by atoms with van der Waals surface area (Å²) in [6, 6.07) is 8.87. The minimum absolute atomic E-state index is 0.314. The summed E-state index contributed by atoms with van der Waals surface area (Å²) in [5.74, 6) is -1.27. The molecular weight excluding hydrogens is 288 g/mol. The van der Waals surface area contributed by atoms with Crippen molar-refractivity contribution in [1.29, 1.82) is 0 Å². The monoisotopic (exact) mass is 306 g/mol. The molecule has 0 unspecified atom stereocenters.